The van der Waals surface area contributed by atoms with E-state index < -0.39 is 0 Å². The number of aliphatic hydroxyl groups excluding tert-OH is 1. The lowest BCUT2D eigenvalue weighted by molar-refractivity contribution is 0.0730. The number of ether oxygens (including phenoxy) is 2. The van der Waals surface area contributed by atoms with E-state index in [0.29, 0.717) is 31.5 Å². The Morgan fingerprint density at radius 2 is 1.74 bits per heavy atom. The molecule has 0 bridgehead atoms. The fourth-order valence-corrected chi connectivity index (χ4v) is 4.98. The molecule has 0 aromatic heterocycles. The summed E-state index contributed by atoms with van der Waals surface area (Å²) in [6, 6.07) is 9.49. The second-order valence-corrected chi connectivity index (χ2v) is 9.33. The second kappa shape index (κ2) is 9.25. The molecular weight excluding hydrogens is 388 g/mol. The van der Waals surface area contributed by atoms with E-state index in [2.05, 4.69) is 6.92 Å². The van der Waals surface area contributed by atoms with Gasteiger partial charge in [0.05, 0.1) is 24.7 Å². The third kappa shape index (κ3) is 4.84. The molecule has 1 aliphatic heterocycles. The predicted molar refractivity (Wildman–Crippen MR) is 125 cm³/mol. The maximum Gasteiger partial charge on any atom is 0.127 e. The Labute approximate surface area is 185 Å². The Morgan fingerprint density at radius 3 is 2.48 bits per heavy atom. The number of hydrogen-bond acceptors (Lipinski definition) is 4. The monoisotopic (exact) mass is 422 g/mol. The van der Waals surface area contributed by atoms with Gasteiger partial charge in [0.15, 0.2) is 0 Å². The Hall–Kier alpha value is -2.62. The van der Waals surface area contributed by atoms with Crippen LogP contribution < -0.4 is 4.74 Å². The van der Waals surface area contributed by atoms with Gasteiger partial charge in [0.1, 0.15) is 11.5 Å². The summed E-state index contributed by atoms with van der Waals surface area (Å²) in [5, 5.41) is 22.0. The third-order valence-corrected chi connectivity index (χ3v) is 6.99. The molecule has 31 heavy (non-hydrogen) atoms. The number of aliphatic hydroxyl groups is 1. The van der Waals surface area contributed by atoms with Crippen LogP contribution in [-0.2, 0) is 4.74 Å². The van der Waals surface area contributed by atoms with E-state index >= 15 is 0 Å². The molecule has 2 aliphatic rings. The summed E-state index contributed by atoms with van der Waals surface area (Å²) in [5.74, 6) is 3.96. The van der Waals surface area contributed by atoms with E-state index in [9.17, 15) is 10.2 Å². The Bertz CT molecular complexity index is 992. The van der Waals surface area contributed by atoms with Gasteiger partial charge in [-0.3, -0.25) is 0 Å². The van der Waals surface area contributed by atoms with Crippen molar-refractivity contribution in [3.05, 3.63) is 53.5 Å². The van der Waals surface area contributed by atoms with Crippen LogP contribution in [0.3, 0.4) is 0 Å². The molecule has 4 heteroatoms. The fourth-order valence-electron chi connectivity index (χ4n) is 4.98. The number of benzene rings is 2. The van der Waals surface area contributed by atoms with Gasteiger partial charge in [-0.25, -0.2) is 0 Å². The Kier molecular flexibility index (Phi) is 6.45. The van der Waals surface area contributed by atoms with Crippen molar-refractivity contribution in [2.45, 2.75) is 52.9 Å². The number of allylic oxidation sites excluding steroid dienone is 4. The van der Waals surface area contributed by atoms with Crippen LogP contribution in [-0.4, -0.2) is 23.4 Å². The van der Waals surface area contributed by atoms with Crippen LogP contribution in [0.4, 0.5) is 0 Å². The van der Waals surface area contributed by atoms with E-state index in [4.69, 9.17) is 9.47 Å². The largest absolute Gasteiger partial charge is 0.513 e. The Morgan fingerprint density at radius 1 is 1.03 bits per heavy atom. The van der Waals surface area contributed by atoms with E-state index in [1.54, 1.807) is 25.1 Å². The van der Waals surface area contributed by atoms with Crippen molar-refractivity contribution in [1.29, 1.82) is 0 Å². The molecular formula is C27H34O4. The zero-order valence-corrected chi connectivity index (χ0v) is 18.9. The minimum atomic E-state index is 0.224. The first-order valence-corrected chi connectivity index (χ1v) is 11.5. The van der Waals surface area contributed by atoms with Gasteiger partial charge in [-0.05, 0) is 80.0 Å². The number of phenolic OH excluding ortho intramolecular Hbond substituents is 1. The van der Waals surface area contributed by atoms with Gasteiger partial charge in [-0.2, -0.15) is 0 Å². The van der Waals surface area contributed by atoms with Crippen molar-refractivity contribution in [3.63, 3.8) is 0 Å². The van der Waals surface area contributed by atoms with Gasteiger partial charge in [0.25, 0.3) is 0 Å². The maximum atomic E-state index is 10.2. The molecule has 2 aromatic rings. The minimum absolute atomic E-state index is 0.224. The normalized spacial score (nSPS) is 27.5. The Balaban J connectivity index is 1.77. The quantitative estimate of drug-likeness (QED) is 0.524. The van der Waals surface area contributed by atoms with Crippen LogP contribution in [0.1, 0.15) is 58.4 Å². The highest BCUT2D eigenvalue weighted by atomic mass is 16.5. The summed E-state index contributed by atoms with van der Waals surface area (Å²) in [6.07, 6.45) is 7.36. The number of aromatic hydroxyl groups is 1. The van der Waals surface area contributed by atoms with Gasteiger partial charge >= 0.3 is 0 Å². The van der Waals surface area contributed by atoms with Gasteiger partial charge in [0.2, 0.25) is 0 Å². The van der Waals surface area contributed by atoms with Crippen LogP contribution in [0.5, 0.6) is 11.5 Å². The van der Waals surface area contributed by atoms with Crippen LogP contribution >= 0.6 is 0 Å². The standard InChI is InChI=1S/C27H34O4/c1-17-4-7-20(8-5-17)22-15-30-19(3)24(12-6-18(2)28)27-25-14-23(29)11-9-21(25)10-13-26(27)31-16-22/h6,9-11,13-14,17,20,22,28-29H,4-5,7-8,12,15-16H2,1-3H3/b18-6+,24-19-. The topological polar surface area (TPSA) is 58.9 Å². The molecule has 2 aromatic carbocycles. The van der Waals surface area contributed by atoms with Crippen molar-refractivity contribution in [3.8, 4) is 11.5 Å². The minimum Gasteiger partial charge on any atom is -0.513 e. The summed E-state index contributed by atoms with van der Waals surface area (Å²) in [7, 11) is 0. The van der Waals surface area contributed by atoms with Crippen molar-refractivity contribution < 1.29 is 19.7 Å². The highest BCUT2D eigenvalue weighted by Gasteiger charge is 2.29. The summed E-state index contributed by atoms with van der Waals surface area (Å²) >= 11 is 0. The molecule has 0 saturated heterocycles. The first-order chi connectivity index (χ1) is 14.9. The predicted octanol–water partition coefficient (Wildman–Crippen LogP) is 6.98. The first kappa shape index (κ1) is 21.6. The van der Waals surface area contributed by atoms with Crippen LogP contribution in [0.2, 0.25) is 0 Å². The van der Waals surface area contributed by atoms with Crippen molar-refractivity contribution in [2.24, 2.45) is 17.8 Å². The van der Waals surface area contributed by atoms with Gasteiger partial charge in [0, 0.05) is 17.1 Å². The highest BCUT2D eigenvalue weighted by molar-refractivity contribution is 5.97. The average Bonchev–Trinajstić information content (AvgIpc) is 2.81. The lowest BCUT2D eigenvalue weighted by Gasteiger charge is -2.32. The molecule has 0 spiro atoms. The van der Waals surface area contributed by atoms with E-state index in [1.807, 2.05) is 25.1 Å². The zero-order chi connectivity index (χ0) is 22.0. The molecule has 1 aliphatic carbocycles. The van der Waals surface area contributed by atoms with Crippen molar-refractivity contribution in [1.82, 2.24) is 0 Å². The summed E-state index contributed by atoms with van der Waals surface area (Å²) < 4.78 is 12.8. The van der Waals surface area contributed by atoms with Gasteiger partial charge < -0.3 is 19.7 Å². The molecule has 4 rings (SSSR count). The van der Waals surface area contributed by atoms with Gasteiger partial charge in [-0.1, -0.05) is 31.9 Å². The lowest BCUT2D eigenvalue weighted by Crippen LogP contribution is -2.29. The van der Waals surface area contributed by atoms with Crippen molar-refractivity contribution in [2.75, 3.05) is 13.2 Å². The second-order valence-electron chi connectivity index (χ2n) is 9.33. The molecule has 2 N–H and O–H groups in total. The fraction of sp³-hybridized carbons (Fsp3) is 0.481. The summed E-state index contributed by atoms with van der Waals surface area (Å²) in [6.45, 7) is 7.31. The maximum absolute atomic E-state index is 10.2. The molecule has 1 atom stereocenters. The third-order valence-electron chi connectivity index (χ3n) is 6.99. The lowest BCUT2D eigenvalue weighted by atomic mass is 9.77. The van der Waals surface area contributed by atoms with E-state index in [1.165, 1.54) is 25.7 Å². The molecule has 4 nitrogen and oxygen atoms in total. The van der Waals surface area contributed by atoms with Crippen LogP contribution in [0.25, 0.3) is 16.3 Å². The van der Waals surface area contributed by atoms with E-state index in [-0.39, 0.29) is 11.5 Å². The van der Waals surface area contributed by atoms with E-state index in [0.717, 1.165) is 39.3 Å². The molecule has 166 valence electrons. The molecule has 0 radical (unpaired) electrons. The van der Waals surface area contributed by atoms with Crippen molar-refractivity contribution >= 4 is 16.3 Å². The van der Waals surface area contributed by atoms with Crippen LogP contribution in [0, 0.1) is 17.8 Å². The number of phenols is 1. The molecule has 1 unspecified atom stereocenters. The molecule has 1 saturated carbocycles. The number of rotatable bonds is 3. The molecule has 0 amide bonds. The number of hydrogen-bond donors (Lipinski definition) is 2. The summed E-state index contributed by atoms with van der Waals surface area (Å²) in [5.41, 5.74) is 1.93. The molecule has 1 fully saturated rings. The first-order valence-electron chi connectivity index (χ1n) is 11.5. The smallest absolute Gasteiger partial charge is 0.127 e. The SMILES string of the molecule is C/C1=C(\C/C=C(\C)O)c2c(ccc3ccc(O)cc23)OCC(C2CCC(C)CC2)CO1. The van der Waals surface area contributed by atoms with Crippen LogP contribution in [0.15, 0.2) is 47.9 Å². The number of fused-ring (bicyclic) bond motifs is 3. The highest BCUT2D eigenvalue weighted by Crippen LogP contribution is 2.41. The average molecular weight is 423 g/mol. The summed E-state index contributed by atoms with van der Waals surface area (Å²) in [4.78, 5) is 0. The molecule has 1 heterocycles. The van der Waals surface area contributed by atoms with Gasteiger partial charge in [-0.15, -0.1) is 0 Å². The zero-order valence-electron chi connectivity index (χ0n) is 18.9.